The van der Waals surface area contributed by atoms with Gasteiger partial charge in [-0.05, 0) is 25.1 Å². The smallest absolute Gasteiger partial charge is 0.133 e. The lowest BCUT2D eigenvalue weighted by Gasteiger charge is -2.12. The monoisotopic (exact) mass is 248 g/mol. The first-order valence-corrected chi connectivity index (χ1v) is 5.43. The third-order valence-corrected chi connectivity index (χ3v) is 2.58. The van der Waals surface area contributed by atoms with Gasteiger partial charge in [-0.3, -0.25) is 0 Å². The van der Waals surface area contributed by atoms with E-state index in [4.69, 9.17) is 4.74 Å². The van der Waals surface area contributed by atoms with Gasteiger partial charge < -0.3 is 9.84 Å². The molecule has 1 atom stereocenters. The fourth-order valence-electron chi connectivity index (χ4n) is 1.64. The Morgan fingerprint density at radius 1 is 1.33 bits per heavy atom. The van der Waals surface area contributed by atoms with Crippen LogP contribution in [0.15, 0.2) is 30.5 Å². The van der Waals surface area contributed by atoms with Gasteiger partial charge in [-0.15, -0.1) is 0 Å². The van der Waals surface area contributed by atoms with E-state index in [0.29, 0.717) is 17.3 Å². The predicted molar refractivity (Wildman–Crippen MR) is 63.8 cm³/mol. The van der Waals surface area contributed by atoms with E-state index >= 15 is 0 Å². The van der Waals surface area contributed by atoms with Gasteiger partial charge in [-0.25, -0.2) is 14.4 Å². The Morgan fingerprint density at radius 2 is 2.11 bits per heavy atom. The molecule has 0 amide bonds. The molecule has 0 aliphatic heterocycles. The maximum Gasteiger partial charge on any atom is 0.133 e. The zero-order valence-corrected chi connectivity index (χ0v) is 10.1. The van der Waals surface area contributed by atoms with Crippen molar-refractivity contribution in [1.82, 2.24) is 9.97 Å². The molecule has 0 fully saturated rings. The Morgan fingerprint density at radius 3 is 2.72 bits per heavy atom. The number of benzene rings is 1. The van der Waals surface area contributed by atoms with Gasteiger partial charge in [0.25, 0.3) is 0 Å². The summed E-state index contributed by atoms with van der Waals surface area (Å²) < 4.78 is 18.7. The first-order valence-electron chi connectivity index (χ1n) is 5.43. The summed E-state index contributed by atoms with van der Waals surface area (Å²) in [4.78, 5) is 8.00. The fourth-order valence-corrected chi connectivity index (χ4v) is 1.64. The number of halogens is 1. The molecule has 0 aliphatic carbocycles. The number of aliphatic hydroxyl groups excluding tert-OH is 1. The number of hydrogen-bond donors (Lipinski definition) is 1. The van der Waals surface area contributed by atoms with Crippen LogP contribution in [0, 0.1) is 12.7 Å². The predicted octanol–water partition coefficient (Wildman–Crippen LogP) is 2.01. The first-order chi connectivity index (χ1) is 8.61. The van der Waals surface area contributed by atoms with E-state index < -0.39 is 11.9 Å². The van der Waals surface area contributed by atoms with Crippen LogP contribution in [0.1, 0.15) is 23.2 Å². The van der Waals surface area contributed by atoms with E-state index in [1.807, 2.05) is 0 Å². The molecule has 0 saturated carbocycles. The number of hydrogen-bond acceptors (Lipinski definition) is 4. The molecule has 0 spiro atoms. The lowest BCUT2D eigenvalue weighted by molar-refractivity contribution is 0.209. The van der Waals surface area contributed by atoms with E-state index in [1.165, 1.54) is 25.4 Å². The summed E-state index contributed by atoms with van der Waals surface area (Å²) in [5, 5.41) is 10.1. The largest absolute Gasteiger partial charge is 0.497 e. The molecule has 2 rings (SSSR count). The van der Waals surface area contributed by atoms with Gasteiger partial charge in [-0.2, -0.15) is 0 Å². The van der Waals surface area contributed by atoms with Gasteiger partial charge in [0, 0.05) is 17.8 Å². The molecule has 94 valence electrons. The van der Waals surface area contributed by atoms with Crippen molar-refractivity contribution in [3.8, 4) is 5.75 Å². The summed E-state index contributed by atoms with van der Waals surface area (Å²) in [5.41, 5.74) is 0.528. The van der Waals surface area contributed by atoms with Crippen LogP contribution in [0.25, 0.3) is 0 Å². The Kier molecular flexibility index (Phi) is 3.53. The van der Waals surface area contributed by atoms with Gasteiger partial charge >= 0.3 is 0 Å². The Bertz CT molecular complexity index is 560. The van der Waals surface area contributed by atoms with Gasteiger partial charge in [-0.1, -0.05) is 0 Å². The summed E-state index contributed by atoms with van der Waals surface area (Å²) in [6.45, 7) is 1.71. The Balaban J connectivity index is 2.37. The molecule has 2 aromatic rings. The zero-order valence-electron chi connectivity index (χ0n) is 10.1. The number of aliphatic hydroxyl groups is 1. The fraction of sp³-hybridized carbons (Fsp3) is 0.231. The molecule has 5 heteroatoms. The Labute approximate surface area is 104 Å². The molecule has 4 nitrogen and oxygen atoms in total. The topological polar surface area (TPSA) is 55.2 Å². The van der Waals surface area contributed by atoms with Crippen molar-refractivity contribution in [2.75, 3.05) is 7.11 Å². The minimum atomic E-state index is -1.11. The standard InChI is InChI=1S/C13H13FN2O2/c1-8-15-6-5-12(16-8)13(17)10-4-3-9(18-2)7-11(10)14/h3-7,13,17H,1-2H3. The number of rotatable bonds is 3. The van der Waals surface area contributed by atoms with Crippen LogP contribution >= 0.6 is 0 Å². The number of nitrogens with zero attached hydrogens (tertiary/aromatic N) is 2. The van der Waals surface area contributed by atoms with Crippen LogP contribution < -0.4 is 4.74 Å². The minimum Gasteiger partial charge on any atom is -0.497 e. The van der Waals surface area contributed by atoms with E-state index in [0.717, 1.165) is 0 Å². The molecular weight excluding hydrogens is 235 g/mol. The van der Waals surface area contributed by atoms with Crippen molar-refractivity contribution < 1.29 is 14.2 Å². The number of ether oxygens (including phenoxy) is 1. The maximum absolute atomic E-state index is 13.8. The molecule has 0 saturated heterocycles. The summed E-state index contributed by atoms with van der Waals surface area (Å²) in [6.07, 6.45) is 0.417. The van der Waals surface area contributed by atoms with Crippen molar-refractivity contribution in [2.45, 2.75) is 13.0 Å². The highest BCUT2D eigenvalue weighted by Gasteiger charge is 2.17. The van der Waals surface area contributed by atoms with Crippen molar-refractivity contribution in [1.29, 1.82) is 0 Å². The van der Waals surface area contributed by atoms with Gasteiger partial charge in [0.1, 0.15) is 23.5 Å². The van der Waals surface area contributed by atoms with E-state index in [2.05, 4.69) is 9.97 Å². The van der Waals surface area contributed by atoms with Gasteiger partial charge in [0.05, 0.1) is 12.8 Å². The average Bonchev–Trinajstić information content (AvgIpc) is 2.37. The van der Waals surface area contributed by atoms with E-state index in [1.54, 1.807) is 19.1 Å². The van der Waals surface area contributed by atoms with Crippen molar-refractivity contribution in [3.05, 3.63) is 53.4 Å². The zero-order chi connectivity index (χ0) is 13.1. The molecule has 18 heavy (non-hydrogen) atoms. The SMILES string of the molecule is COc1ccc(C(O)c2ccnc(C)n2)c(F)c1. The molecule has 0 radical (unpaired) electrons. The third kappa shape index (κ3) is 2.46. The molecule has 1 unspecified atom stereocenters. The van der Waals surface area contributed by atoms with E-state index in [-0.39, 0.29) is 5.56 Å². The number of methoxy groups -OCH3 is 1. The van der Waals surface area contributed by atoms with Crippen LogP contribution in [0.3, 0.4) is 0 Å². The number of aromatic nitrogens is 2. The average molecular weight is 248 g/mol. The molecule has 1 N–H and O–H groups in total. The number of aryl methyl sites for hydroxylation is 1. The van der Waals surface area contributed by atoms with Gasteiger partial charge in [0.15, 0.2) is 0 Å². The van der Waals surface area contributed by atoms with Crippen molar-refractivity contribution in [3.63, 3.8) is 0 Å². The first kappa shape index (κ1) is 12.4. The van der Waals surface area contributed by atoms with Crippen LogP contribution in [0.2, 0.25) is 0 Å². The molecule has 0 aliphatic rings. The molecule has 1 heterocycles. The molecule has 1 aromatic carbocycles. The highest BCUT2D eigenvalue weighted by molar-refractivity contribution is 5.33. The van der Waals surface area contributed by atoms with Crippen molar-refractivity contribution >= 4 is 0 Å². The van der Waals surface area contributed by atoms with Crippen molar-refractivity contribution in [2.24, 2.45) is 0 Å². The molecule has 1 aromatic heterocycles. The van der Waals surface area contributed by atoms with Crippen LogP contribution in [-0.4, -0.2) is 22.2 Å². The second-order valence-corrected chi connectivity index (χ2v) is 3.82. The van der Waals surface area contributed by atoms with Crippen LogP contribution in [0.5, 0.6) is 5.75 Å². The Hall–Kier alpha value is -2.01. The summed E-state index contributed by atoms with van der Waals surface area (Å²) >= 11 is 0. The quantitative estimate of drug-likeness (QED) is 0.902. The highest BCUT2D eigenvalue weighted by Crippen LogP contribution is 2.25. The molecule has 0 bridgehead atoms. The highest BCUT2D eigenvalue weighted by atomic mass is 19.1. The maximum atomic E-state index is 13.8. The second kappa shape index (κ2) is 5.10. The minimum absolute atomic E-state index is 0.161. The van der Waals surface area contributed by atoms with Gasteiger partial charge in [0.2, 0.25) is 0 Å². The van der Waals surface area contributed by atoms with Crippen LogP contribution in [0.4, 0.5) is 4.39 Å². The van der Waals surface area contributed by atoms with Crippen LogP contribution in [-0.2, 0) is 0 Å². The summed E-state index contributed by atoms with van der Waals surface area (Å²) in [6, 6.07) is 5.86. The molecular formula is C13H13FN2O2. The second-order valence-electron chi connectivity index (χ2n) is 3.82. The third-order valence-electron chi connectivity index (χ3n) is 2.58. The normalized spacial score (nSPS) is 12.2. The van der Waals surface area contributed by atoms with E-state index in [9.17, 15) is 9.50 Å². The summed E-state index contributed by atoms with van der Waals surface area (Å²) in [5.74, 6) is 0.404. The summed E-state index contributed by atoms with van der Waals surface area (Å²) in [7, 11) is 1.46. The lowest BCUT2D eigenvalue weighted by atomic mass is 10.1. The lowest BCUT2D eigenvalue weighted by Crippen LogP contribution is -2.06.